The standard InChI is InChI=1S/C23H26ClF3N2O5S/c1-12(5-18(30)29-13-6-21(2)7-14(29)9-22(31,8-13)11-21)15-10-28-17-4-3-16(24)20(19(15)17)34-35(32,33)23(25,26)27/h3-4,10,12-14,28,31H,5-9,11H2,1-2H3. The number of H-pyrrole nitrogens is 1. The summed E-state index contributed by atoms with van der Waals surface area (Å²) in [6.45, 7) is 3.91. The van der Waals surface area contributed by atoms with E-state index in [4.69, 9.17) is 11.6 Å². The quantitative estimate of drug-likeness (QED) is 0.422. The van der Waals surface area contributed by atoms with Gasteiger partial charge in [0.15, 0.2) is 5.75 Å². The molecule has 7 nitrogen and oxygen atoms in total. The number of halogens is 4. The van der Waals surface area contributed by atoms with Crippen LogP contribution in [-0.4, -0.2) is 52.5 Å². The minimum atomic E-state index is -5.95. The van der Waals surface area contributed by atoms with Gasteiger partial charge < -0.3 is 19.2 Å². The Balaban J connectivity index is 1.43. The lowest BCUT2D eigenvalue weighted by atomic mass is 9.54. The van der Waals surface area contributed by atoms with Crippen LogP contribution in [-0.2, 0) is 14.9 Å². The van der Waals surface area contributed by atoms with Crippen LogP contribution in [0.3, 0.4) is 0 Å². The lowest BCUT2D eigenvalue weighted by Crippen LogP contribution is -2.68. The molecule has 1 aromatic heterocycles. The van der Waals surface area contributed by atoms with Gasteiger partial charge in [0.25, 0.3) is 0 Å². The number of carbonyl (C=O) groups is 1. The van der Waals surface area contributed by atoms with Crippen molar-refractivity contribution in [3.05, 3.63) is 28.9 Å². The predicted octanol–water partition coefficient (Wildman–Crippen LogP) is 4.84. The first kappa shape index (κ1) is 24.7. The third-order valence-electron chi connectivity index (χ3n) is 7.79. The fourth-order valence-electron chi connectivity index (χ4n) is 6.80. The number of aromatic nitrogens is 1. The number of hydrogen-bond acceptors (Lipinski definition) is 5. The maximum Gasteiger partial charge on any atom is 0.534 e. The average Bonchev–Trinajstić information content (AvgIpc) is 3.11. The van der Waals surface area contributed by atoms with Crippen LogP contribution >= 0.6 is 11.6 Å². The number of nitrogens with one attached hydrogen (secondary N) is 1. The lowest BCUT2D eigenvalue weighted by molar-refractivity contribution is -0.193. The van der Waals surface area contributed by atoms with Crippen molar-refractivity contribution < 1.29 is 35.7 Å². The summed E-state index contributed by atoms with van der Waals surface area (Å²) in [6.07, 6.45) is 5.12. The van der Waals surface area contributed by atoms with Crippen molar-refractivity contribution in [1.82, 2.24) is 9.88 Å². The van der Waals surface area contributed by atoms with Gasteiger partial charge in [0.05, 0.1) is 10.6 Å². The first-order chi connectivity index (χ1) is 16.1. The number of aromatic amines is 1. The molecule has 192 valence electrons. The van der Waals surface area contributed by atoms with Crippen molar-refractivity contribution >= 4 is 38.5 Å². The van der Waals surface area contributed by atoms with Crippen molar-refractivity contribution in [1.29, 1.82) is 0 Å². The number of amides is 1. The van der Waals surface area contributed by atoms with Crippen LogP contribution in [0.5, 0.6) is 5.75 Å². The molecule has 3 unspecified atom stereocenters. The van der Waals surface area contributed by atoms with Crippen LogP contribution in [0, 0.1) is 5.41 Å². The number of piperidine rings is 2. The van der Waals surface area contributed by atoms with Crippen LogP contribution in [0.1, 0.15) is 63.9 Å². The van der Waals surface area contributed by atoms with E-state index >= 15 is 0 Å². The monoisotopic (exact) mass is 534 g/mol. The van der Waals surface area contributed by atoms with E-state index in [0.29, 0.717) is 23.9 Å². The van der Waals surface area contributed by atoms with Crippen molar-refractivity contribution in [3.63, 3.8) is 0 Å². The number of alkyl halides is 3. The Hall–Kier alpha value is -1.98. The highest BCUT2D eigenvalue weighted by Gasteiger charge is 2.59. The largest absolute Gasteiger partial charge is 0.534 e. The smallest absolute Gasteiger partial charge is 0.390 e. The van der Waals surface area contributed by atoms with Gasteiger partial charge in [-0.05, 0) is 61.1 Å². The molecule has 4 fully saturated rings. The van der Waals surface area contributed by atoms with Gasteiger partial charge in [0.1, 0.15) is 0 Å². The van der Waals surface area contributed by atoms with Crippen molar-refractivity contribution in [2.75, 3.05) is 0 Å². The summed E-state index contributed by atoms with van der Waals surface area (Å²) in [7, 11) is -5.95. The Morgan fingerprint density at radius 3 is 2.49 bits per heavy atom. The molecule has 4 bridgehead atoms. The Bertz CT molecular complexity index is 1270. The van der Waals surface area contributed by atoms with Crippen LogP contribution < -0.4 is 4.18 Å². The van der Waals surface area contributed by atoms with Crippen LogP contribution in [0.4, 0.5) is 13.2 Å². The Morgan fingerprint density at radius 2 is 1.91 bits per heavy atom. The first-order valence-electron chi connectivity index (χ1n) is 11.5. The molecular weight excluding hydrogens is 509 g/mol. The zero-order valence-corrected chi connectivity index (χ0v) is 20.7. The van der Waals surface area contributed by atoms with E-state index in [9.17, 15) is 31.5 Å². The lowest BCUT2D eigenvalue weighted by Gasteiger charge is -2.63. The van der Waals surface area contributed by atoms with E-state index in [-0.39, 0.29) is 40.2 Å². The molecule has 4 aliphatic rings. The Kier molecular flexibility index (Phi) is 5.48. The average molecular weight is 535 g/mol. The molecule has 35 heavy (non-hydrogen) atoms. The van der Waals surface area contributed by atoms with Gasteiger partial charge in [0.2, 0.25) is 5.91 Å². The highest BCUT2D eigenvalue weighted by molar-refractivity contribution is 7.88. The van der Waals surface area contributed by atoms with Crippen molar-refractivity contribution in [2.24, 2.45) is 5.41 Å². The molecule has 3 heterocycles. The maximum absolute atomic E-state index is 13.4. The fraction of sp³-hybridized carbons (Fsp3) is 0.609. The fourth-order valence-corrected chi connectivity index (χ4v) is 7.53. The number of benzene rings is 1. The molecule has 12 heteroatoms. The normalized spacial score (nSPS) is 31.2. The second-order valence-electron chi connectivity index (χ2n) is 10.8. The molecule has 6 rings (SSSR count). The summed E-state index contributed by atoms with van der Waals surface area (Å²) in [5, 5.41) is 10.7. The Morgan fingerprint density at radius 1 is 1.29 bits per heavy atom. The van der Waals surface area contributed by atoms with E-state index < -0.39 is 32.9 Å². The van der Waals surface area contributed by atoms with E-state index in [2.05, 4.69) is 16.1 Å². The molecule has 2 aliphatic carbocycles. The second kappa shape index (κ2) is 7.76. The Labute approximate surface area is 205 Å². The summed E-state index contributed by atoms with van der Waals surface area (Å²) >= 11 is 6.06. The van der Waals surface area contributed by atoms with Crippen LogP contribution in [0.25, 0.3) is 10.9 Å². The number of rotatable bonds is 5. The van der Waals surface area contributed by atoms with Gasteiger partial charge in [-0.2, -0.15) is 21.6 Å². The van der Waals surface area contributed by atoms with E-state index in [0.717, 1.165) is 19.3 Å². The molecular formula is C23H26ClF3N2O5S. The van der Waals surface area contributed by atoms with Crippen LogP contribution in [0.2, 0.25) is 5.02 Å². The van der Waals surface area contributed by atoms with Gasteiger partial charge in [-0.15, -0.1) is 0 Å². The molecule has 3 atom stereocenters. The van der Waals surface area contributed by atoms with Gasteiger partial charge >= 0.3 is 15.6 Å². The molecule has 2 aliphatic heterocycles. The van der Waals surface area contributed by atoms with E-state index in [1.54, 1.807) is 6.92 Å². The summed E-state index contributed by atoms with van der Waals surface area (Å²) in [5.41, 5.74) is -5.57. The SMILES string of the molecule is CC(CC(=O)N1C2CC3(C)CC1CC(O)(C2)C3)c1c[nH]c2ccc(Cl)c(OS(=O)(=O)C(F)(F)F)c12. The van der Waals surface area contributed by atoms with Gasteiger partial charge in [0, 0.05) is 35.6 Å². The number of hydrogen-bond donors (Lipinski definition) is 2. The highest BCUT2D eigenvalue weighted by atomic mass is 35.5. The summed E-state index contributed by atoms with van der Waals surface area (Å²) < 4.78 is 66.8. The van der Waals surface area contributed by atoms with Crippen molar-refractivity contribution in [2.45, 2.75) is 81.5 Å². The minimum Gasteiger partial charge on any atom is -0.390 e. The van der Waals surface area contributed by atoms with E-state index in [1.807, 2.05) is 4.90 Å². The topological polar surface area (TPSA) is 99.7 Å². The minimum absolute atomic E-state index is 0.0206. The summed E-state index contributed by atoms with van der Waals surface area (Å²) in [4.78, 5) is 18.2. The van der Waals surface area contributed by atoms with Crippen molar-refractivity contribution in [3.8, 4) is 5.75 Å². The van der Waals surface area contributed by atoms with Gasteiger partial charge in [-0.3, -0.25) is 4.79 Å². The summed E-state index contributed by atoms with van der Waals surface area (Å²) in [5.74, 6) is -1.19. The maximum atomic E-state index is 13.4. The number of fused-ring (bicyclic) bond motifs is 1. The summed E-state index contributed by atoms with van der Waals surface area (Å²) in [6, 6.07) is 2.66. The predicted molar refractivity (Wildman–Crippen MR) is 123 cm³/mol. The highest BCUT2D eigenvalue weighted by Crippen LogP contribution is 2.57. The molecule has 0 spiro atoms. The molecule has 2 saturated carbocycles. The number of aliphatic hydroxyl groups is 1. The zero-order chi connectivity index (χ0) is 25.6. The van der Waals surface area contributed by atoms with E-state index in [1.165, 1.54) is 18.3 Å². The number of carbonyl (C=O) groups excluding carboxylic acids is 1. The molecule has 2 N–H and O–H groups in total. The van der Waals surface area contributed by atoms with Crippen LogP contribution in [0.15, 0.2) is 18.3 Å². The third-order valence-corrected chi connectivity index (χ3v) is 9.04. The van der Waals surface area contributed by atoms with Gasteiger partial charge in [-0.1, -0.05) is 25.4 Å². The van der Waals surface area contributed by atoms with Gasteiger partial charge in [-0.25, -0.2) is 0 Å². The molecule has 0 radical (unpaired) electrons. The third kappa shape index (κ3) is 4.09. The molecule has 2 saturated heterocycles. The molecule has 1 aromatic carbocycles. The first-order valence-corrected chi connectivity index (χ1v) is 13.2. The molecule has 1 amide bonds. The zero-order valence-electron chi connectivity index (χ0n) is 19.2. The molecule has 2 aromatic rings. The second-order valence-corrected chi connectivity index (χ2v) is 12.7. The number of nitrogens with zero attached hydrogens (tertiary/aromatic N) is 1.